The Morgan fingerprint density at radius 2 is 1.82 bits per heavy atom. The second-order valence-corrected chi connectivity index (χ2v) is 3.48. The number of hydrogen-bond donors (Lipinski definition) is 2. The first-order chi connectivity index (χ1) is 4.94. The van der Waals surface area contributed by atoms with Gasteiger partial charge in [-0.1, -0.05) is 0 Å². The van der Waals surface area contributed by atoms with Gasteiger partial charge in [0, 0.05) is 0 Å². The fourth-order valence-corrected chi connectivity index (χ4v) is 1.44. The SMILES string of the molecule is O=C(O)O.O=S1(=O)CCCO1. The van der Waals surface area contributed by atoms with Crippen LogP contribution in [0.15, 0.2) is 0 Å². The Bertz CT molecular complexity index is 201. The molecule has 1 saturated heterocycles. The lowest BCUT2D eigenvalue weighted by Gasteiger charge is -1.83. The summed E-state index contributed by atoms with van der Waals surface area (Å²) in [5, 5.41) is 13.9. The fourth-order valence-electron chi connectivity index (χ4n) is 0.481. The molecule has 0 saturated carbocycles. The molecule has 0 atom stereocenters. The van der Waals surface area contributed by atoms with Crippen molar-refractivity contribution in [2.75, 3.05) is 12.4 Å². The van der Waals surface area contributed by atoms with Gasteiger partial charge in [0.15, 0.2) is 0 Å². The van der Waals surface area contributed by atoms with Crippen LogP contribution in [0.3, 0.4) is 0 Å². The quantitative estimate of drug-likeness (QED) is 0.512. The Morgan fingerprint density at radius 3 is 1.91 bits per heavy atom. The molecule has 2 N–H and O–H groups in total. The fraction of sp³-hybridized carbons (Fsp3) is 0.750. The van der Waals surface area contributed by atoms with Gasteiger partial charge in [0.2, 0.25) is 0 Å². The van der Waals surface area contributed by atoms with Gasteiger partial charge in [-0.3, -0.25) is 4.18 Å². The van der Waals surface area contributed by atoms with Gasteiger partial charge >= 0.3 is 6.16 Å². The lowest BCUT2D eigenvalue weighted by Crippen LogP contribution is -1.96. The molecule has 0 radical (unpaired) electrons. The van der Waals surface area contributed by atoms with Crippen molar-refractivity contribution in [1.29, 1.82) is 0 Å². The van der Waals surface area contributed by atoms with Crippen molar-refractivity contribution >= 4 is 16.3 Å². The normalized spacial score (nSPS) is 20.0. The van der Waals surface area contributed by atoms with Gasteiger partial charge in [-0.2, -0.15) is 8.42 Å². The van der Waals surface area contributed by atoms with E-state index in [0.29, 0.717) is 13.0 Å². The lowest BCUT2D eigenvalue weighted by molar-refractivity contribution is 0.137. The van der Waals surface area contributed by atoms with Crippen molar-refractivity contribution in [3.8, 4) is 0 Å². The van der Waals surface area contributed by atoms with Gasteiger partial charge in [-0.25, -0.2) is 4.79 Å². The smallest absolute Gasteiger partial charge is 0.450 e. The minimum Gasteiger partial charge on any atom is -0.450 e. The highest BCUT2D eigenvalue weighted by atomic mass is 32.2. The number of carboxylic acid groups (broad SMARTS) is 2. The second kappa shape index (κ2) is 4.14. The van der Waals surface area contributed by atoms with E-state index in [1.54, 1.807) is 0 Å². The Labute approximate surface area is 63.5 Å². The average Bonchev–Trinajstić information content (AvgIpc) is 2.11. The van der Waals surface area contributed by atoms with E-state index in [1.165, 1.54) is 0 Å². The highest BCUT2D eigenvalue weighted by Gasteiger charge is 2.16. The van der Waals surface area contributed by atoms with Crippen LogP contribution in [-0.4, -0.2) is 37.1 Å². The zero-order valence-electron chi connectivity index (χ0n) is 5.56. The Kier molecular flexibility index (Phi) is 3.83. The summed E-state index contributed by atoms with van der Waals surface area (Å²) in [6.07, 6.45) is -1.18. The van der Waals surface area contributed by atoms with Crippen LogP contribution in [0.25, 0.3) is 0 Å². The van der Waals surface area contributed by atoms with E-state index < -0.39 is 16.3 Å². The number of hydrogen-bond acceptors (Lipinski definition) is 4. The summed E-state index contributed by atoms with van der Waals surface area (Å²) in [7, 11) is -3.05. The molecule has 0 aromatic rings. The maximum atomic E-state index is 10.2. The van der Waals surface area contributed by atoms with Crippen molar-refractivity contribution in [3.63, 3.8) is 0 Å². The molecule has 6 nitrogen and oxygen atoms in total. The van der Waals surface area contributed by atoms with E-state index in [4.69, 9.17) is 15.0 Å². The summed E-state index contributed by atoms with van der Waals surface area (Å²) in [6, 6.07) is 0. The first-order valence-electron chi connectivity index (χ1n) is 2.73. The molecule has 0 aromatic heterocycles. The molecule has 0 amide bonds. The molecule has 0 aromatic carbocycles. The summed E-state index contributed by atoms with van der Waals surface area (Å²) < 4.78 is 24.7. The molecule has 7 heteroatoms. The van der Waals surface area contributed by atoms with Crippen molar-refractivity contribution in [2.45, 2.75) is 6.42 Å². The van der Waals surface area contributed by atoms with Gasteiger partial charge in [-0.05, 0) is 6.42 Å². The highest BCUT2D eigenvalue weighted by molar-refractivity contribution is 7.86. The molecule has 0 aliphatic carbocycles. The zero-order valence-corrected chi connectivity index (χ0v) is 6.37. The summed E-state index contributed by atoms with van der Waals surface area (Å²) in [5.41, 5.74) is 0. The Balaban J connectivity index is 0.000000218. The highest BCUT2D eigenvalue weighted by Crippen LogP contribution is 2.04. The number of rotatable bonds is 0. The van der Waals surface area contributed by atoms with Crippen LogP contribution in [0, 0.1) is 0 Å². The van der Waals surface area contributed by atoms with E-state index in [-0.39, 0.29) is 5.75 Å². The third-order valence-electron chi connectivity index (χ3n) is 0.802. The predicted octanol–water partition coefficient (Wildman–Crippen LogP) is -0.0411. The van der Waals surface area contributed by atoms with Crippen molar-refractivity contribution in [2.24, 2.45) is 0 Å². The first kappa shape index (κ1) is 10.2. The molecule has 1 fully saturated rings. The van der Waals surface area contributed by atoms with E-state index >= 15 is 0 Å². The van der Waals surface area contributed by atoms with Crippen LogP contribution in [0.2, 0.25) is 0 Å². The van der Waals surface area contributed by atoms with E-state index in [2.05, 4.69) is 4.18 Å². The van der Waals surface area contributed by atoms with Crippen LogP contribution in [-0.2, 0) is 14.3 Å². The molecule has 66 valence electrons. The van der Waals surface area contributed by atoms with Crippen molar-refractivity contribution in [1.82, 2.24) is 0 Å². The first-order valence-corrected chi connectivity index (χ1v) is 4.31. The van der Waals surface area contributed by atoms with Crippen molar-refractivity contribution in [3.05, 3.63) is 0 Å². The second-order valence-electron chi connectivity index (χ2n) is 1.72. The van der Waals surface area contributed by atoms with Crippen LogP contribution in [0.4, 0.5) is 4.79 Å². The van der Waals surface area contributed by atoms with Gasteiger partial charge in [-0.15, -0.1) is 0 Å². The van der Waals surface area contributed by atoms with Gasteiger partial charge in [0.25, 0.3) is 10.1 Å². The molecule has 1 aliphatic heterocycles. The molecule has 0 bridgehead atoms. The Hall–Kier alpha value is -0.820. The molecule has 0 spiro atoms. The minimum absolute atomic E-state index is 0.201. The third kappa shape index (κ3) is 7.07. The van der Waals surface area contributed by atoms with Crippen LogP contribution in [0.5, 0.6) is 0 Å². The van der Waals surface area contributed by atoms with E-state index in [1.807, 2.05) is 0 Å². The summed E-state index contributed by atoms with van der Waals surface area (Å²) in [4.78, 5) is 8.56. The molecule has 11 heavy (non-hydrogen) atoms. The monoisotopic (exact) mass is 184 g/mol. The Morgan fingerprint density at radius 1 is 1.36 bits per heavy atom. The minimum atomic E-state index is -3.05. The summed E-state index contributed by atoms with van der Waals surface area (Å²) >= 11 is 0. The van der Waals surface area contributed by atoms with Crippen LogP contribution < -0.4 is 0 Å². The third-order valence-corrected chi connectivity index (χ3v) is 2.12. The largest absolute Gasteiger partial charge is 0.503 e. The van der Waals surface area contributed by atoms with E-state index in [9.17, 15) is 8.42 Å². The molecule has 1 aliphatic rings. The van der Waals surface area contributed by atoms with Crippen LogP contribution >= 0.6 is 0 Å². The zero-order chi connectivity index (χ0) is 8.91. The predicted molar refractivity (Wildman–Crippen MR) is 35.0 cm³/mol. The molecular formula is C4H8O6S. The summed E-state index contributed by atoms with van der Waals surface area (Å²) in [6.45, 7) is 0.377. The molecule has 1 heterocycles. The molecule has 1 rings (SSSR count). The maximum Gasteiger partial charge on any atom is 0.503 e. The van der Waals surface area contributed by atoms with Gasteiger partial charge in [0.1, 0.15) is 0 Å². The number of carbonyl (C=O) groups is 1. The molecule has 0 unspecified atom stereocenters. The van der Waals surface area contributed by atoms with E-state index in [0.717, 1.165) is 0 Å². The standard InChI is InChI=1S/C3H6O3S.CH2O3/c4-7(5)3-1-2-6-7;2-1(3)4/h1-3H2;(H2,2,3,4). The van der Waals surface area contributed by atoms with Crippen molar-refractivity contribution < 1.29 is 27.6 Å². The molecular weight excluding hydrogens is 176 g/mol. The topological polar surface area (TPSA) is 101 Å². The summed E-state index contributed by atoms with van der Waals surface area (Å²) in [5.74, 6) is 0.201. The average molecular weight is 184 g/mol. The lowest BCUT2D eigenvalue weighted by atomic mass is 10.5. The van der Waals surface area contributed by atoms with Gasteiger partial charge < -0.3 is 10.2 Å². The maximum absolute atomic E-state index is 10.2. The van der Waals surface area contributed by atoms with Gasteiger partial charge in [0.05, 0.1) is 12.4 Å². The van der Waals surface area contributed by atoms with Crippen LogP contribution in [0.1, 0.15) is 6.42 Å².